The molecule has 0 radical (unpaired) electrons. The molecule has 170 valence electrons. The number of carbonyl (C=O) groups is 1. The van der Waals surface area contributed by atoms with Gasteiger partial charge in [0.25, 0.3) is 0 Å². The van der Waals surface area contributed by atoms with Crippen molar-refractivity contribution in [2.75, 3.05) is 24.6 Å². The summed E-state index contributed by atoms with van der Waals surface area (Å²) < 4.78 is 20.0. The van der Waals surface area contributed by atoms with Gasteiger partial charge in [0.2, 0.25) is 5.82 Å². The zero-order valence-corrected chi connectivity index (χ0v) is 18.1. The van der Waals surface area contributed by atoms with Gasteiger partial charge in [-0.2, -0.15) is 0 Å². The van der Waals surface area contributed by atoms with Crippen molar-refractivity contribution in [3.05, 3.63) is 70.8 Å². The standard InChI is InChI=1S/C24H23FN4O4/c1-2-33-24(30)17-10-12-28(13-11-17)23-22(29(31)32)21(26-15-27-23)18-8-9-19(20(25)14-18)16-6-4-3-5-7-16/h3-9,14-15,17H,2,10-13H2,1H3. The summed E-state index contributed by atoms with van der Waals surface area (Å²) in [5, 5.41) is 12.0. The van der Waals surface area contributed by atoms with Crippen molar-refractivity contribution in [2.24, 2.45) is 5.92 Å². The number of anilines is 1. The highest BCUT2D eigenvalue weighted by molar-refractivity contribution is 5.79. The summed E-state index contributed by atoms with van der Waals surface area (Å²) >= 11 is 0. The van der Waals surface area contributed by atoms with Crippen LogP contribution in [0.2, 0.25) is 0 Å². The second-order valence-corrected chi connectivity index (χ2v) is 7.73. The lowest BCUT2D eigenvalue weighted by Gasteiger charge is -2.31. The Hall–Kier alpha value is -3.88. The molecule has 4 rings (SSSR count). The summed E-state index contributed by atoms with van der Waals surface area (Å²) in [4.78, 5) is 33.5. The number of benzene rings is 2. The molecule has 33 heavy (non-hydrogen) atoms. The van der Waals surface area contributed by atoms with Crippen LogP contribution in [0, 0.1) is 21.8 Å². The molecule has 0 saturated carbocycles. The molecule has 8 nitrogen and oxygen atoms in total. The van der Waals surface area contributed by atoms with E-state index < -0.39 is 10.7 Å². The Morgan fingerprint density at radius 3 is 2.52 bits per heavy atom. The number of aromatic nitrogens is 2. The van der Waals surface area contributed by atoms with E-state index in [1.165, 1.54) is 12.4 Å². The number of piperidine rings is 1. The highest BCUT2D eigenvalue weighted by atomic mass is 19.1. The normalized spacial score (nSPS) is 14.2. The fourth-order valence-corrected chi connectivity index (χ4v) is 4.08. The first-order chi connectivity index (χ1) is 16.0. The van der Waals surface area contributed by atoms with Crippen LogP contribution in [0.3, 0.4) is 0 Å². The van der Waals surface area contributed by atoms with Crippen LogP contribution in [-0.2, 0) is 9.53 Å². The molecule has 1 aromatic heterocycles. The average Bonchev–Trinajstić information content (AvgIpc) is 2.84. The third-order valence-corrected chi connectivity index (χ3v) is 5.73. The van der Waals surface area contributed by atoms with Crippen LogP contribution < -0.4 is 4.90 Å². The lowest BCUT2D eigenvalue weighted by molar-refractivity contribution is -0.383. The van der Waals surface area contributed by atoms with Gasteiger partial charge < -0.3 is 9.64 Å². The van der Waals surface area contributed by atoms with E-state index in [1.807, 2.05) is 18.2 Å². The van der Waals surface area contributed by atoms with E-state index in [1.54, 1.807) is 36.1 Å². The van der Waals surface area contributed by atoms with Crippen LogP contribution in [0.5, 0.6) is 0 Å². The number of esters is 1. The SMILES string of the molecule is CCOC(=O)C1CCN(c2ncnc(-c3ccc(-c4ccccc4)c(F)c3)c2[N+](=O)[O-])CC1. The molecular weight excluding hydrogens is 427 g/mol. The van der Waals surface area contributed by atoms with E-state index in [4.69, 9.17) is 4.74 Å². The Kier molecular flexibility index (Phi) is 6.58. The molecule has 3 aromatic rings. The zero-order valence-electron chi connectivity index (χ0n) is 18.1. The molecule has 1 fully saturated rings. The number of hydrogen-bond acceptors (Lipinski definition) is 7. The number of nitrogens with zero attached hydrogens (tertiary/aromatic N) is 4. The second-order valence-electron chi connectivity index (χ2n) is 7.73. The fourth-order valence-electron chi connectivity index (χ4n) is 4.08. The first-order valence-electron chi connectivity index (χ1n) is 10.8. The first-order valence-corrected chi connectivity index (χ1v) is 10.8. The quantitative estimate of drug-likeness (QED) is 0.307. The third-order valence-electron chi connectivity index (χ3n) is 5.73. The van der Waals surface area contributed by atoms with Gasteiger partial charge in [0, 0.05) is 24.2 Å². The van der Waals surface area contributed by atoms with Crippen LogP contribution in [0.4, 0.5) is 15.9 Å². The molecule has 2 aromatic carbocycles. The molecule has 9 heteroatoms. The maximum atomic E-state index is 14.9. The lowest BCUT2D eigenvalue weighted by Crippen LogP contribution is -2.37. The van der Waals surface area contributed by atoms with Gasteiger partial charge in [-0.15, -0.1) is 0 Å². The number of carbonyl (C=O) groups excluding carboxylic acids is 1. The van der Waals surface area contributed by atoms with Crippen LogP contribution >= 0.6 is 0 Å². The smallest absolute Gasteiger partial charge is 0.337 e. The largest absolute Gasteiger partial charge is 0.466 e. The lowest BCUT2D eigenvalue weighted by atomic mass is 9.96. The van der Waals surface area contributed by atoms with Crippen molar-refractivity contribution in [1.29, 1.82) is 0 Å². The summed E-state index contributed by atoms with van der Waals surface area (Å²) in [5.41, 5.74) is 1.18. The molecule has 0 aliphatic carbocycles. The minimum atomic E-state index is -0.537. The molecule has 2 heterocycles. The molecule has 0 unspecified atom stereocenters. The Bertz CT molecular complexity index is 1160. The van der Waals surface area contributed by atoms with E-state index in [2.05, 4.69) is 9.97 Å². The van der Waals surface area contributed by atoms with Crippen molar-refractivity contribution in [2.45, 2.75) is 19.8 Å². The van der Waals surface area contributed by atoms with Crippen molar-refractivity contribution in [3.8, 4) is 22.4 Å². The summed E-state index contributed by atoms with van der Waals surface area (Å²) in [6.07, 6.45) is 2.27. The maximum absolute atomic E-state index is 14.9. The van der Waals surface area contributed by atoms with Crippen LogP contribution in [0.15, 0.2) is 54.9 Å². The molecule has 0 atom stereocenters. The Balaban J connectivity index is 1.65. The summed E-state index contributed by atoms with van der Waals surface area (Å²) in [5.74, 6) is -0.812. The Morgan fingerprint density at radius 1 is 1.15 bits per heavy atom. The number of halogens is 1. The number of nitro groups is 1. The van der Waals surface area contributed by atoms with Crippen molar-refractivity contribution in [1.82, 2.24) is 9.97 Å². The number of hydrogen-bond donors (Lipinski definition) is 0. The minimum absolute atomic E-state index is 0.0519. The highest BCUT2D eigenvalue weighted by Crippen LogP contribution is 2.37. The van der Waals surface area contributed by atoms with Gasteiger partial charge in [0.15, 0.2) is 5.69 Å². The summed E-state index contributed by atoms with van der Waals surface area (Å²) in [6.45, 7) is 2.91. The molecule has 0 amide bonds. The van der Waals surface area contributed by atoms with Gasteiger partial charge >= 0.3 is 11.7 Å². The predicted molar refractivity (Wildman–Crippen MR) is 121 cm³/mol. The Labute approximate surface area is 190 Å². The van der Waals surface area contributed by atoms with Gasteiger partial charge in [0.1, 0.15) is 12.1 Å². The minimum Gasteiger partial charge on any atom is -0.466 e. The molecule has 1 aliphatic heterocycles. The van der Waals surface area contributed by atoms with Gasteiger partial charge in [-0.25, -0.2) is 14.4 Å². The average molecular weight is 450 g/mol. The monoisotopic (exact) mass is 450 g/mol. The van der Waals surface area contributed by atoms with E-state index in [9.17, 15) is 19.3 Å². The van der Waals surface area contributed by atoms with E-state index in [-0.39, 0.29) is 29.1 Å². The number of ether oxygens (including phenoxy) is 1. The van der Waals surface area contributed by atoms with E-state index in [0.717, 1.165) is 0 Å². The van der Waals surface area contributed by atoms with Crippen LogP contribution in [0.25, 0.3) is 22.4 Å². The van der Waals surface area contributed by atoms with Gasteiger partial charge in [-0.1, -0.05) is 42.5 Å². The highest BCUT2D eigenvalue weighted by Gasteiger charge is 2.32. The predicted octanol–water partition coefficient (Wildman–Crippen LogP) is 4.64. The fraction of sp³-hybridized carbons (Fsp3) is 0.292. The van der Waals surface area contributed by atoms with E-state index in [0.29, 0.717) is 49.2 Å². The first kappa shape index (κ1) is 22.3. The molecular formula is C24H23FN4O4. The molecule has 0 spiro atoms. The number of rotatable bonds is 6. The van der Waals surface area contributed by atoms with Crippen molar-refractivity contribution >= 4 is 17.5 Å². The summed E-state index contributed by atoms with van der Waals surface area (Å²) in [7, 11) is 0. The molecule has 1 aliphatic rings. The van der Waals surface area contributed by atoms with Crippen molar-refractivity contribution < 1.29 is 18.8 Å². The zero-order chi connectivity index (χ0) is 23.4. The molecule has 0 N–H and O–H groups in total. The van der Waals surface area contributed by atoms with Crippen molar-refractivity contribution in [3.63, 3.8) is 0 Å². The molecule has 0 bridgehead atoms. The van der Waals surface area contributed by atoms with Gasteiger partial charge in [-0.05, 0) is 31.4 Å². The topological polar surface area (TPSA) is 98.5 Å². The van der Waals surface area contributed by atoms with Crippen LogP contribution in [-0.4, -0.2) is 40.6 Å². The van der Waals surface area contributed by atoms with Gasteiger partial charge in [0.05, 0.1) is 17.4 Å². The molecule has 1 saturated heterocycles. The Morgan fingerprint density at radius 2 is 1.88 bits per heavy atom. The van der Waals surface area contributed by atoms with Gasteiger partial charge in [-0.3, -0.25) is 14.9 Å². The van der Waals surface area contributed by atoms with E-state index >= 15 is 0 Å². The van der Waals surface area contributed by atoms with Crippen LogP contribution in [0.1, 0.15) is 19.8 Å². The second kappa shape index (κ2) is 9.72. The maximum Gasteiger partial charge on any atom is 0.337 e. The summed E-state index contributed by atoms with van der Waals surface area (Å²) in [6, 6.07) is 13.5. The third kappa shape index (κ3) is 4.67.